The summed E-state index contributed by atoms with van der Waals surface area (Å²) in [5, 5.41) is 5.56. The molecule has 1 heterocycles. The molecule has 2 aromatic rings. The van der Waals surface area contributed by atoms with E-state index in [1.54, 1.807) is 23.1 Å². The van der Waals surface area contributed by atoms with Crippen LogP contribution >= 0.6 is 15.9 Å². The van der Waals surface area contributed by atoms with Crippen molar-refractivity contribution in [3.63, 3.8) is 0 Å². The van der Waals surface area contributed by atoms with Gasteiger partial charge in [0.05, 0.1) is 0 Å². The highest BCUT2D eigenvalue weighted by Crippen LogP contribution is 2.20. The second-order valence-electron chi connectivity index (χ2n) is 5.27. The fourth-order valence-corrected chi connectivity index (χ4v) is 2.82. The van der Waals surface area contributed by atoms with Crippen molar-refractivity contribution < 1.29 is 9.59 Å². The fourth-order valence-electron chi connectivity index (χ4n) is 2.40. The van der Waals surface area contributed by atoms with Crippen LogP contribution in [0.1, 0.15) is 5.56 Å². The molecule has 0 atom stereocenters. The highest BCUT2D eigenvalue weighted by atomic mass is 79.9. The standard InChI is InChI=1S/C18H16BrN3O2/c19-16-4-2-1-3-13(16)5-10-17(23)21-14-6-8-15(9-7-14)22-12-11-20-18(22)24/h1-10H,11-12H2,(H,20,24)(H,21,23). The van der Waals surface area contributed by atoms with Crippen LogP contribution in [0.5, 0.6) is 0 Å². The summed E-state index contributed by atoms with van der Waals surface area (Å²) in [6.07, 6.45) is 3.24. The molecule has 1 saturated heterocycles. The first-order chi connectivity index (χ1) is 11.6. The first-order valence-electron chi connectivity index (χ1n) is 7.52. The van der Waals surface area contributed by atoms with Crippen LogP contribution in [0.3, 0.4) is 0 Å². The summed E-state index contributed by atoms with van der Waals surface area (Å²) in [4.78, 5) is 25.3. The van der Waals surface area contributed by atoms with E-state index in [1.165, 1.54) is 6.08 Å². The maximum atomic E-state index is 12.0. The topological polar surface area (TPSA) is 61.4 Å². The molecule has 2 N–H and O–H groups in total. The lowest BCUT2D eigenvalue weighted by Crippen LogP contribution is -2.27. The molecule has 1 aliphatic rings. The van der Waals surface area contributed by atoms with E-state index >= 15 is 0 Å². The van der Waals surface area contributed by atoms with Gasteiger partial charge in [0.2, 0.25) is 5.91 Å². The van der Waals surface area contributed by atoms with Gasteiger partial charge in [0.1, 0.15) is 0 Å². The average molecular weight is 386 g/mol. The van der Waals surface area contributed by atoms with Crippen LogP contribution in [0.2, 0.25) is 0 Å². The van der Waals surface area contributed by atoms with Crippen LogP contribution in [-0.4, -0.2) is 25.0 Å². The van der Waals surface area contributed by atoms with Crippen molar-refractivity contribution in [2.75, 3.05) is 23.3 Å². The van der Waals surface area contributed by atoms with E-state index in [9.17, 15) is 9.59 Å². The number of nitrogens with zero attached hydrogens (tertiary/aromatic N) is 1. The average Bonchev–Trinajstić information content (AvgIpc) is 3.01. The maximum Gasteiger partial charge on any atom is 0.321 e. The summed E-state index contributed by atoms with van der Waals surface area (Å²) in [5.74, 6) is -0.211. The molecule has 0 radical (unpaired) electrons. The number of halogens is 1. The molecule has 122 valence electrons. The lowest BCUT2D eigenvalue weighted by Gasteiger charge is -2.14. The molecule has 3 rings (SSSR count). The van der Waals surface area contributed by atoms with Gasteiger partial charge in [0.15, 0.2) is 0 Å². The van der Waals surface area contributed by atoms with E-state index in [-0.39, 0.29) is 11.9 Å². The number of rotatable bonds is 4. The molecule has 0 saturated carbocycles. The van der Waals surface area contributed by atoms with Crippen LogP contribution in [0.25, 0.3) is 6.08 Å². The van der Waals surface area contributed by atoms with Crippen LogP contribution in [0.15, 0.2) is 59.1 Å². The monoisotopic (exact) mass is 385 g/mol. The summed E-state index contributed by atoms with van der Waals surface area (Å²) in [7, 11) is 0. The molecular weight excluding hydrogens is 370 g/mol. The van der Waals surface area contributed by atoms with Gasteiger partial charge in [0, 0.05) is 35.0 Å². The van der Waals surface area contributed by atoms with Crippen molar-refractivity contribution >= 4 is 45.3 Å². The largest absolute Gasteiger partial charge is 0.336 e. The number of carbonyl (C=O) groups excluding carboxylic acids is 2. The van der Waals surface area contributed by atoms with Gasteiger partial charge in [-0.2, -0.15) is 0 Å². The quantitative estimate of drug-likeness (QED) is 0.789. The van der Waals surface area contributed by atoms with Crippen molar-refractivity contribution in [3.8, 4) is 0 Å². The number of hydrogen-bond acceptors (Lipinski definition) is 2. The number of nitrogens with one attached hydrogen (secondary N) is 2. The molecule has 0 aromatic heterocycles. The first-order valence-corrected chi connectivity index (χ1v) is 8.32. The minimum atomic E-state index is -0.211. The van der Waals surface area contributed by atoms with Gasteiger partial charge in [-0.3, -0.25) is 9.69 Å². The molecule has 0 bridgehead atoms. The molecule has 0 aliphatic carbocycles. The fraction of sp³-hybridized carbons (Fsp3) is 0.111. The predicted molar refractivity (Wildman–Crippen MR) is 99.0 cm³/mol. The summed E-state index contributed by atoms with van der Waals surface area (Å²) in [5.41, 5.74) is 2.43. The molecule has 2 aromatic carbocycles. The maximum absolute atomic E-state index is 12.0. The molecular formula is C18H16BrN3O2. The van der Waals surface area contributed by atoms with Crippen LogP contribution in [0, 0.1) is 0 Å². The van der Waals surface area contributed by atoms with Gasteiger partial charge in [-0.1, -0.05) is 34.1 Å². The zero-order valence-electron chi connectivity index (χ0n) is 12.8. The van der Waals surface area contributed by atoms with Crippen LogP contribution in [-0.2, 0) is 4.79 Å². The van der Waals surface area contributed by atoms with E-state index < -0.39 is 0 Å². The zero-order chi connectivity index (χ0) is 16.9. The van der Waals surface area contributed by atoms with Crippen molar-refractivity contribution in [2.45, 2.75) is 0 Å². The molecule has 0 unspecified atom stereocenters. The smallest absolute Gasteiger partial charge is 0.321 e. The number of amides is 3. The van der Waals surface area contributed by atoms with Gasteiger partial charge < -0.3 is 10.6 Å². The van der Waals surface area contributed by atoms with E-state index in [0.717, 1.165) is 15.7 Å². The highest BCUT2D eigenvalue weighted by Gasteiger charge is 2.20. The zero-order valence-corrected chi connectivity index (χ0v) is 14.4. The lowest BCUT2D eigenvalue weighted by molar-refractivity contribution is -0.111. The van der Waals surface area contributed by atoms with Crippen molar-refractivity contribution in [1.82, 2.24) is 5.32 Å². The number of carbonyl (C=O) groups is 2. The third kappa shape index (κ3) is 3.83. The van der Waals surface area contributed by atoms with Gasteiger partial charge in [-0.25, -0.2) is 4.79 Å². The Morgan fingerprint density at radius 3 is 2.58 bits per heavy atom. The van der Waals surface area contributed by atoms with E-state index in [4.69, 9.17) is 0 Å². The molecule has 0 spiro atoms. The van der Waals surface area contributed by atoms with Gasteiger partial charge in [-0.15, -0.1) is 0 Å². The Balaban J connectivity index is 1.62. The van der Waals surface area contributed by atoms with Crippen molar-refractivity contribution in [2.24, 2.45) is 0 Å². The summed E-state index contributed by atoms with van der Waals surface area (Å²) < 4.78 is 0.933. The number of urea groups is 1. The third-order valence-corrected chi connectivity index (χ3v) is 4.34. The highest BCUT2D eigenvalue weighted by molar-refractivity contribution is 9.10. The molecule has 1 fully saturated rings. The van der Waals surface area contributed by atoms with Crippen LogP contribution in [0.4, 0.5) is 16.2 Å². The summed E-state index contributed by atoms with van der Waals surface area (Å²) >= 11 is 3.44. The predicted octanol–water partition coefficient (Wildman–Crippen LogP) is 3.63. The van der Waals surface area contributed by atoms with Gasteiger partial charge in [0.25, 0.3) is 0 Å². The minimum absolute atomic E-state index is 0.0943. The van der Waals surface area contributed by atoms with Crippen LogP contribution < -0.4 is 15.5 Å². The second-order valence-corrected chi connectivity index (χ2v) is 6.13. The summed E-state index contributed by atoms with van der Waals surface area (Å²) in [6.45, 7) is 1.30. The Kier molecular flexibility index (Phi) is 4.96. The number of benzene rings is 2. The van der Waals surface area contributed by atoms with E-state index in [0.29, 0.717) is 18.8 Å². The minimum Gasteiger partial charge on any atom is -0.336 e. The second kappa shape index (κ2) is 7.31. The molecule has 24 heavy (non-hydrogen) atoms. The Morgan fingerprint density at radius 2 is 1.92 bits per heavy atom. The Labute approximate surface area is 148 Å². The lowest BCUT2D eigenvalue weighted by atomic mass is 10.2. The molecule has 1 aliphatic heterocycles. The third-order valence-electron chi connectivity index (χ3n) is 3.62. The van der Waals surface area contributed by atoms with Gasteiger partial charge >= 0.3 is 6.03 Å². The van der Waals surface area contributed by atoms with E-state index in [2.05, 4.69) is 26.6 Å². The number of hydrogen-bond donors (Lipinski definition) is 2. The molecule has 3 amide bonds. The van der Waals surface area contributed by atoms with Gasteiger partial charge in [-0.05, 0) is 42.0 Å². The van der Waals surface area contributed by atoms with Crippen molar-refractivity contribution in [1.29, 1.82) is 0 Å². The Bertz CT molecular complexity index is 787. The SMILES string of the molecule is O=C(C=Cc1ccccc1Br)Nc1ccc(N2CCNC2=O)cc1. The Morgan fingerprint density at radius 1 is 1.17 bits per heavy atom. The molecule has 5 nitrogen and oxygen atoms in total. The summed E-state index contributed by atoms with van der Waals surface area (Å²) in [6, 6.07) is 14.8. The first kappa shape index (κ1) is 16.3. The normalized spacial score (nSPS) is 14.0. The number of anilines is 2. The molecule has 6 heteroatoms. The Hall–Kier alpha value is -2.60. The van der Waals surface area contributed by atoms with E-state index in [1.807, 2.05) is 36.4 Å². The van der Waals surface area contributed by atoms with Crippen molar-refractivity contribution in [3.05, 3.63) is 64.6 Å².